The van der Waals surface area contributed by atoms with E-state index in [1.54, 1.807) is 18.2 Å². The van der Waals surface area contributed by atoms with Gasteiger partial charge in [-0.2, -0.15) is 0 Å². The van der Waals surface area contributed by atoms with E-state index in [-0.39, 0.29) is 11.3 Å². The molecule has 0 fully saturated rings. The summed E-state index contributed by atoms with van der Waals surface area (Å²) in [7, 11) is 1.23. The molecule has 0 unspecified atom stereocenters. The number of methoxy groups -OCH3 is 1. The fourth-order valence-corrected chi connectivity index (χ4v) is 1.81. The van der Waals surface area contributed by atoms with Gasteiger partial charge in [0.25, 0.3) is 0 Å². The van der Waals surface area contributed by atoms with Gasteiger partial charge in [0, 0.05) is 6.08 Å². The standard InChI is InChI=1S/C15H12O4/c1-19-14(18)9-8-13(17)15-11-5-3-2-4-10(11)6-7-12(15)16/h2-9,16H,1H3/b9-8+. The normalized spacial score (nSPS) is 10.8. The van der Waals surface area contributed by atoms with Crippen LogP contribution in [0.5, 0.6) is 5.75 Å². The number of fused-ring (bicyclic) bond motifs is 1. The van der Waals surface area contributed by atoms with Gasteiger partial charge < -0.3 is 9.84 Å². The van der Waals surface area contributed by atoms with Crippen molar-refractivity contribution in [2.45, 2.75) is 0 Å². The fraction of sp³-hybridized carbons (Fsp3) is 0.0667. The van der Waals surface area contributed by atoms with Crippen LogP contribution in [0.25, 0.3) is 10.8 Å². The van der Waals surface area contributed by atoms with Crippen LogP contribution < -0.4 is 0 Å². The van der Waals surface area contributed by atoms with Gasteiger partial charge >= 0.3 is 5.97 Å². The summed E-state index contributed by atoms with van der Waals surface area (Å²) in [6, 6.07) is 10.4. The minimum atomic E-state index is -0.618. The molecule has 0 spiro atoms. The number of aromatic hydroxyl groups is 1. The number of allylic oxidation sites excluding steroid dienone is 1. The molecule has 96 valence electrons. The number of hydrogen-bond donors (Lipinski definition) is 1. The number of rotatable bonds is 3. The van der Waals surface area contributed by atoms with E-state index in [1.165, 1.54) is 13.2 Å². The second kappa shape index (κ2) is 5.35. The lowest BCUT2D eigenvalue weighted by Crippen LogP contribution is -2.00. The Bertz CT molecular complexity index is 671. The van der Waals surface area contributed by atoms with E-state index >= 15 is 0 Å². The van der Waals surface area contributed by atoms with Crippen LogP contribution in [0.2, 0.25) is 0 Å². The zero-order chi connectivity index (χ0) is 13.8. The van der Waals surface area contributed by atoms with Gasteiger partial charge in [0.2, 0.25) is 0 Å². The van der Waals surface area contributed by atoms with E-state index in [1.807, 2.05) is 12.1 Å². The molecule has 0 radical (unpaired) electrons. The highest BCUT2D eigenvalue weighted by atomic mass is 16.5. The van der Waals surface area contributed by atoms with Crippen molar-refractivity contribution in [1.82, 2.24) is 0 Å². The molecule has 0 atom stereocenters. The summed E-state index contributed by atoms with van der Waals surface area (Å²) in [6.07, 6.45) is 2.12. The molecule has 0 saturated heterocycles. The topological polar surface area (TPSA) is 63.6 Å². The van der Waals surface area contributed by atoms with E-state index in [4.69, 9.17) is 0 Å². The van der Waals surface area contributed by atoms with Crippen molar-refractivity contribution in [2.24, 2.45) is 0 Å². The largest absolute Gasteiger partial charge is 0.507 e. The highest BCUT2D eigenvalue weighted by molar-refractivity contribution is 6.16. The second-order valence-corrected chi connectivity index (χ2v) is 3.90. The zero-order valence-corrected chi connectivity index (χ0v) is 10.3. The molecule has 0 aliphatic carbocycles. The third kappa shape index (κ3) is 2.63. The van der Waals surface area contributed by atoms with Crippen LogP contribution in [0.1, 0.15) is 10.4 Å². The van der Waals surface area contributed by atoms with Crippen molar-refractivity contribution < 1.29 is 19.4 Å². The molecule has 0 aliphatic rings. The minimum absolute atomic E-state index is 0.113. The second-order valence-electron chi connectivity index (χ2n) is 3.90. The average molecular weight is 256 g/mol. The van der Waals surface area contributed by atoms with Gasteiger partial charge in [-0.3, -0.25) is 4.79 Å². The van der Waals surface area contributed by atoms with Gasteiger partial charge in [0.05, 0.1) is 12.7 Å². The Morgan fingerprint density at radius 3 is 2.58 bits per heavy atom. The summed E-state index contributed by atoms with van der Waals surface area (Å²) in [5.41, 5.74) is 0.179. The summed E-state index contributed by atoms with van der Waals surface area (Å²) < 4.78 is 4.41. The van der Waals surface area contributed by atoms with Gasteiger partial charge in [0.15, 0.2) is 5.78 Å². The molecule has 4 nitrogen and oxygen atoms in total. The van der Waals surface area contributed by atoms with Gasteiger partial charge in [-0.05, 0) is 22.9 Å². The maximum atomic E-state index is 12.0. The molecule has 1 N–H and O–H groups in total. The first-order chi connectivity index (χ1) is 9.13. The van der Waals surface area contributed by atoms with Gasteiger partial charge in [-0.15, -0.1) is 0 Å². The Morgan fingerprint density at radius 1 is 1.11 bits per heavy atom. The van der Waals surface area contributed by atoms with Crippen LogP contribution in [0, 0.1) is 0 Å². The molecule has 2 aromatic carbocycles. The highest BCUT2D eigenvalue weighted by Gasteiger charge is 2.13. The predicted octanol–water partition coefficient (Wildman–Crippen LogP) is 2.46. The van der Waals surface area contributed by atoms with E-state index < -0.39 is 11.8 Å². The molecule has 19 heavy (non-hydrogen) atoms. The highest BCUT2D eigenvalue weighted by Crippen LogP contribution is 2.27. The number of benzene rings is 2. The molecule has 0 saturated carbocycles. The van der Waals surface area contributed by atoms with Crippen LogP contribution in [-0.2, 0) is 9.53 Å². The third-order valence-corrected chi connectivity index (χ3v) is 2.73. The van der Waals surface area contributed by atoms with Crippen LogP contribution in [0.4, 0.5) is 0 Å². The Hall–Kier alpha value is -2.62. The molecule has 0 aliphatic heterocycles. The first kappa shape index (κ1) is 12.8. The average Bonchev–Trinajstić information content (AvgIpc) is 2.44. The summed E-state index contributed by atoms with van der Waals surface area (Å²) in [5.74, 6) is -1.18. The Kier molecular flexibility index (Phi) is 3.61. The molecule has 0 aromatic heterocycles. The van der Waals surface area contributed by atoms with E-state index in [0.29, 0.717) is 5.39 Å². The first-order valence-corrected chi connectivity index (χ1v) is 5.64. The number of phenolic OH excluding ortho intramolecular Hbond substituents is 1. The number of esters is 1. The van der Waals surface area contributed by atoms with Crippen molar-refractivity contribution in [3.63, 3.8) is 0 Å². The van der Waals surface area contributed by atoms with Crippen LogP contribution in [0.3, 0.4) is 0 Å². The maximum absolute atomic E-state index is 12.0. The number of ether oxygens (including phenoxy) is 1. The third-order valence-electron chi connectivity index (χ3n) is 2.73. The van der Waals surface area contributed by atoms with Crippen molar-refractivity contribution in [2.75, 3.05) is 7.11 Å². The lowest BCUT2D eigenvalue weighted by Gasteiger charge is -2.05. The number of carbonyl (C=O) groups is 2. The number of ketones is 1. The summed E-state index contributed by atoms with van der Waals surface area (Å²) in [5, 5.41) is 11.3. The zero-order valence-electron chi connectivity index (χ0n) is 10.3. The Labute approximate surface area is 109 Å². The predicted molar refractivity (Wildman–Crippen MR) is 71.1 cm³/mol. The number of hydrogen-bond acceptors (Lipinski definition) is 4. The molecule has 2 rings (SSSR count). The van der Waals surface area contributed by atoms with E-state index in [9.17, 15) is 14.7 Å². The molecule has 0 bridgehead atoms. The van der Waals surface area contributed by atoms with Crippen LogP contribution in [0.15, 0.2) is 48.6 Å². The molecule has 4 heteroatoms. The number of phenols is 1. The number of carbonyl (C=O) groups excluding carboxylic acids is 2. The summed E-state index contributed by atoms with van der Waals surface area (Å²) >= 11 is 0. The lowest BCUT2D eigenvalue weighted by molar-refractivity contribution is -0.134. The smallest absolute Gasteiger partial charge is 0.330 e. The monoisotopic (exact) mass is 256 g/mol. The van der Waals surface area contributed by atoms with E-state index in [2.05, 4.69) is 4.74 Å². The van der Waals surface area contributed by atoms with Crippen molar-refractivity contribution >= 4 is 22.5 Å². The molecule has 0 amide bonds. The first-order valence-electron chi connectivity index (χ1n) is 5.64. The SMILES string of the molecule is COC(=O)/C=C/C(=O)c1c(O)ccc2ccccc12. The quantitative estimate of drug-likeness (QED) is 0.520. The summed E-state index contributed by atoms with van der Waals surface area (Å²) in [6.45, 7) is 0. The molecule has 0 heterocycles. The molecular weight excluding hydrogens is 244 g/mol. The van der Waals surface area contributed by atoms with Crippen molar-refractivity contribution in [3.05, 3.63) is 54.1 Å². The summed E-state index contributed by atoms with van der Waals surface area (Å²) in [4.78, 5) is 23.0. The van der Waals surface area contributed by atoms with Gasteiger partial charge in [0.1, 0.15) is 5.75 Å². The van der Waals surface area contributed by atoms with Crippen LogP contribution >= 0.6 is 0 Å². The van der Waals surface area contributed by atoms with Crippen molar-refractivity contribution in [3.8, 4) is 5.75 Å². The van der Waals surface area contributed by atoms with Crippen LogP contribution in [-0.4, -0.2) is 24.0 Å². The van der Waals surface area contributed by atoms with Crippen molar-refractivity contribution in [1.29, 1.82) is 0 Å². The maximum Gasteiger partial charge on any atom is 0.330 e. The Morgan fingerprint density at radius 2 is 1.84 bits per heavy atom. The van der Waals surface area contributed by atoms with Gasteiger partial charge in [-0.25, -0.2) is 4.79 Å². The lowest BCUT2D eigenvalue weighted by atomic mass is 10.00. The van der Waals surface area contributed by atoms with Gasteiger partial charge in [-0.1, -0.05) is 30.3 Å². The molecular formula is C15H12O4. The van der Waals surface area contributed by atoms with E-state index in [0.717, 1.165) is 17.5 Å². The Balaban J connectivity index is 2.49. The fourth-order valence-electron chi connectivity index (χ4n) is 1.81. The molecule has 2 aromatic rings. The minimum Gasteiger partial charge on any atom is -0.507 e.